The third-order valence-electron chi connectivity index (χ3n) is 3.03. The van der Waals surface area contributed by atoms with Gasteiger partial charge in [0.1, 0.15) is 0 Å². The molecular formula is C14H21ClN2O. The van der Waals surface area contributed by atoms with Crippen molar-refractivity contribution in [2.24, 2.45) is 5.92 Å². The highest BCUT2D eigenvalue weighted by Gasteiger charge is 2.20. The molecule has 0 bridgehead atoms. The van der Waals surface area contributed by atoms with Crippen molar-refractivity contribution in [1.82, 2.24) is 10.6 Å². The van der Waals surface area contributed by atoms with Crippen molar-refractivity contribution in [1.29, 1.82) is 0 Å². The van der Waals surface area contributed by atoms with E-state index in [1.807, 2.05) is 12.1 Å². The first kappa shape index (κ1) is 15.0. The van der Waals surface area contributed by atoms with Crippen LogP contribution in [0.15, 0.2) is 24.3 Å². The fourth-order valence-corrected chi connectivity index (χ4v) is 1.68. The van der Waals surface area contributed by atoms with Crippen LogP contribution in [0.4, 0.5) is 0 Å². The average molecular weight is 269 g/mol. The molecule has 0 spiro atoms. The van der Waals surface area contributed by atoms with E-state index in [9.17, 15) is 4.79 Å². The van der Waals surface area contributed by atoms with Gasteiger partial charge in [0.15, 0.2) is 0 Å². The number of carbonyl (C=O) groups is 1. The van der Waals surface area contributed by atoms with Crippen LogP contribution in [0, 0.1) is 12.8 Å². The number of nitrogens with one attached hydrogen (secondary N) is 2. The monoisotopic (exact) mass is 268 g/mol. The molecule has 2 N–H and O–H groups in total. The van der Waals surface area contributed by atoms with E-state index in [0.717, 1.165) is 18.0 Å². The smallest absolute Gasteiger partial charge is 0.234 e. The summed E-state index contributed by atoms with van der Waals surface area (Å²) in [5, 5.41) is 6.09. The topological polar surface area (TPSA) is 41.1 Å². The Labute approximate surface area is 115 Å². The molecule has 1 aromatic rings. The summed E-state index contributed by atoms with van der Waals surface area (Å²) >= 11 is 0. The number of halogens is 1. The largest absolute Gasteiger partial charge is 0.351 e. The number of carbonyl (C=O) groups excluding carboxylic acids is 1. The Morgan fingerprint density at radius 2 is 1.94 bits per heavy atom. The van der Waals surface area contributed by atoms with Crippen LogP contribution < -0.4 is 10.6 Å². The molecule has 3 nitrogen and oxygen atoms in total. The summed E-state index contributed by atoms with van der Waals surface area (Å²) in [6.45, 7) is 4.09. The molecule has 0 atom stereocenters. The van der Waals surface area contributed by atoms with Crippen LogP contribution in [0.25, 0.3) is 0 Å². The molecule has 1 aliphatic rings. The molecule has 18 heavy (non-hydrogen) atoms. The summed E-state index contributed by atoms with van der Waals surface area (Å²) in [5.74, 6) is 0.895. The zero-order valence-corrected chi connectivity index (χ0v) is 11.6. The van der Waals surface area contributed by atoms with Gasteiger partial charge >= 0.3 is 0 Å². The molecule has 2 rings (SSSR count). The third-order valence-corrected chi connectivity index (χ3v) is 3.03. The highest BCUT2D eigenvalue weighted by Crippen LogP contribution is 2.27. The van der Waals surface area contributed by atoms with Crippen molar-refractivity contribution >= 4 is 18.3 Å². The normalized spacial score (nSPS) is 13.8. The summed E-state index contributed by atoms with van der Waals surface area (Å²) in [6.07, 6.45) is 2.63. The van der Waals surface area contributed by atoms with Crippen molar-refractivity contribution in [3.63, 3.8) is 0 Å². The van der Waals surface area contributed by atoms with Crippen molar-refractivity contribution < 1.29 is 4.79 Å². The first-order valence-corrected chi connectivity index (χ1v) is 6.27. The van der Waals surface area contributed by atoms with E-state index < -0.39 is 0 Å². The number of aryl methyl sites for hydroxylation is 1. The highest BCUT2D eigenvalue weighted by molar-refractivity contribution is 5.85. The Bertz CT molecular complexity index is 374. The van der Waals surface area contributed by atoms with Gasteiger partial charge in [-0.3, -0.25) is 4.79 Å². The number of amides is 1. The van der Waals surface area contributed by atoms with Crippen molar-refractivity contribution in [2.45, 2.75) is 26.3 Å². The molecule has 1 aliphatic carbocycles. The van der Waals surface area contributed by atoms with Crippen molar-refractivity contribution in [3.05, 3.63) is 35.4 Å². The van der Waals surface area contributed by atoms with Gasteiger partial charge in [-0.05, 0) is 37.8 Å². The lowest BCUT2D eigenvalue weighted by atomic mass is 10.1. The van der Waals surface area contributed by atoms with Gasteiger partial charge < -0.3 is 10.6 Å². The molecule has 1 amide bonds. The number of hydrogen-bond donors (Lipinski definition) is 2. The average Bonchev–Trinajstić information content (AvgIpc) is 3.12. The summed E-state index contributed by atoms with van der Waals surface area (Å²) in [7, 11) is 0. The van der Waals surface area contributed by atoms with Gasteiger partial charge in [0.2, 0.25) is 5.91 Å². The molecule has 0 unspecified atom stereocenters. The van der Waals surface area contributed by atoms with Crippen LogP contribution in [0.5, 0.6) is 0 Å². The third kappa shape index (κ3) is 5.52. The quantitative estimate of drug-likeness (QED) is 0.829. The molecule has 4 heteroatoms. The molecule has 1 saturated carbocycles. The van der Waals surface area contributed by atoms with E-state index in [1.54, 1.807) is 0 Å². The van der Waals surface area contributed by atoms with Crippen LogP contribution in [-0.4, -0.2) is 19.0 Å². The lowest BCUT2D eigenvalue weighted by Gasteiger charge is -2.06. The van der Waals surface area contributed by atoms with Crippen molar-refractivity contribution in [3.8, 4) is 0 Å². The predicted molar refractivity (Wildman–Crippen MR) is 75.9 cm³/mol. The Morgan fingerprint density at radius 1 is 1.28 bits per heavy atom. The minimum Gasteiger partial charge on any atom is -0.351 e. The minimum atomic E-state index is 0. The molecule has 100 valence electrons. The number of hydrogen-bond acceptors (Lipinski definition) is 2. The second-order valence-corrected chi connectivity index (χ2v) is 4.84. The second-order valence-electron chi connectivity index (χ2n) is 4.84. The Balaban J connectivity index is 0.00000162. The van der Waals surface area contributed by atoms with Gasteiger partial charge in [-0.2, -0.15) is 0 Å². The maximum absolute atomic E-state index is 11.5. The van der Waals surface area contributed by atoms with E-state index in [4.69, 9.17) is 0 Å². The molecule has 1 fully saturated rings. The zero-order chi connectivity index (χ0) is 12.1. The fourth-order valence-electron chi connectivity index (χ4n) is 1.68. The first-order valence-electron chi connectivity index (χ1n) is 6.27. The van der Waals surface area contributed by atoms with E-state index in [1.165, 1.54) is 18.4 Å². The predicted octanol–water partition coefficient (Wildman–Crippen LogP) is 2.03. The summed E-state index contributed by atoms with van der Waals surface area (Å²) in [4.78, 5) is 11.5. The fraction of sp³-hybridized carbons (Fsp3) is 0.500. The lowest BCUT2D eigenvalue weighted by molar-refractivity contribution is -0.120. The molecule has 0 aliphatic heterocycles. The molecule has 0 saturated heterocycles. The van der Waals surface area contributed by atoms with E-state index in [-0.39, 0.29) is 18.3 Å². The van der Waals surface area contributed by atoms with Crippen LogP contribution >= 0.6 is 12.4 Å². The van der Waals surface area contributed by atoms with Crippen LogP contribution in [0.1, 0.15) is 24.0 Å². The lowest BCUT2D eigenvalue weighted by Crippen LogP contribution is -2.34. The van der Waals surface area contributed by atoms with Crippen LogP contribution in [-0.2, 0) is 11.3 Å². The Hall–Kier alpha value is -1.06. The van der Waals surface area contributed by atoms with Gasteiger partial charge in [0.25, 0.3) is 0 Å². The van der Waals surface area contributed by atoms with Gasteiger partial charge in [0, 0.05) is 6.54 Å². The van der Waals surface area contributed by atoms with E-state index >= 15 is 0 Å². The first-order chi connectivity index (χ1) is 8.24. The standard InChI is InChI=1S/C14H20N2O.ClH/c1-11-2-4-13(5-3-11)9-16-14(17)10-15-8-12-6-7-12;/h2-5,12,15H,6-10H2,1H3,(H,16,17);1H. The summed E-state index contributed by atoms with van der Waals surface area (Å²) in [6, 6.07) is 8.22. The molecule has 0 heterocycles. The molecule has 0 radical (unpaired) electrons. The van der Waals surface area contributed by atoms with Gasteiger partial charge in [-0.25, -0.2) is 0 Å². The summed E-state index contributed by atoms with van der Waals surface area (Å²) in [5.41, 5.74) is 2.39. The minimum absolute atomic E-state index is 0. The van der Waals surface area contributed by atoms with Crippen LogP contribution in [0.3, 0.4) is 0 Å². The van der Waals surface area contributed by atoms with Gasteiger partial charge in [-0.15, -0.1) is 12.4 Å². The number of benzene rings is 1. The maximum atomic E-state index is 11.5. The van der Waals surface area contributed by atoms with E-state index in [2.05, 4.69) is 29.7 Å². The molecule has 1 aromatic carbocycles. The second kappa shape index (κ2) is 7.39. The van der Waals surface area contributed by atoms with Gasteiger partial charge in [-0.1, -0.05) is 29.8 Å². The number of rotatable bonds is 6. The SMILES string of the molecule is Cc1ccc(CNC(=O)CNCC2CC2)cc1.Cl. The Morgan fingerprint density at radius 3 is 2.56 bits per heavy atom. The Kier molecular flexibility index (Phi) is 6.16. The van der Waals surface area contributed by atoms with Crippen LogP contribution in [0.2, 0.25) is 0 Å². The zero-order valence-electron chi connectivity index (χ0n) is 10.7. The summed E-state index contributed by atoms with van der Waals surface area (Å²) < 4.78 is 0. The maximum Gasteiger partial charge on any atom is 0.234 e. The highest BCUT2D eigenvalue weighted by atomic mass is 35.5. The molecular weight excluding hydrogens is 248 g/mol. The molecule has 0 aromatic heterocycles. The van der Waals surface area contributed by atoms with Crippen molar-refractivity contribution in [2.75, 3.05) is 13.1 Å². The van der Waals surface area contributed by atoms with Gasteiger partial charge in [0.05, 0.1) is 6.54 Å². The van der Waals surface area contributed by atoms with E-state index in [0.29, 0.717) is 13.1 Å².